The first kappa shape index (κ1) is 14.8. The summed E-state index contributed by atoms with van der Waals surface area (Å²) >= 11 is 0. The van der Waals surface area contributed by atoms with Gasteiger partial charge in [-0.1, -0.05) is 13.8 Å². The Kier molecular flexibility index (Phi) is 4.85. The maximum absolute atomic E-state index is 12.6. The molecule has 1 amide bonds. The highest BCUT2D eigenvalue weighted by atomic mass is 16.2. The second-order valence-corrected chi connectivity index (χ2v) is 6.41. The van der Waals surface area contributed by atoms with Gasteiger partial charge in [0.25, 0.3) is 0 Å². The van der Waals surface area contributed by atoms with Gasteiger partial charge in [-0.15, -0.1) is 0 Å². The lowest BCUT2D eigenvalue weighted by molar-refractivity contribution is -0.140. The van der Waals surface area contributed by atoms with E-state index in [-0.39, 0.29) is 12.0 Å². The van der Waals surface area contributed by atoms with Gasteiger partial charge in [0.1, 0.15) is 0 Å². The number of amides is 1. The molecule has 4 heteroatoms. The lowest BCUT2D eigenvalue weighted by atomic mass is 9.79. The molecular formula is C15H29N3O. The third-order valence-electron chi connectivity index (χ3n) is 5.09. The zero-order chi connectivity index (χ0) is 14.0. The minimum Gasteiger partial charge on any atom is -0.340 e. The number of piperazine rings is 1. The maximum Gasteiger partial charge on any atom is 0.225 e. The first-order chi connectivity index (χ1) is 9.02. The highest BCUT2D eigenvalue weighted by molar-refractivity contribution is 5.79. The van der Waals surface area contributed by atoms with E-state index in [9.17, 15) is 4.79 Å². The van der Waals surface area contributed by atoms with Gasteiger partial charge in [0.15, 0.2) is 0 Å². The van der Waals surface area contributed by atoms with Crippen LogP contribution in [-0.4, -0.2) is 54.0 Å². The lowest BCUT2D eigenvalue weighted by Crippen LogP contribution is -2.55. The van der Waals surface area contributed by atoms with E-state index >= 15 is 0 Å². The van der Waals surface area contributed by atoms with Gasteiger partial charge in [-0.2, -0.15) is 0 Å². The molecule has 2 aliphatic rings. The second-order valence-electron chi connectivity index (χ2n) is 6.41. The molecule has 2 rings (SSSR count). The molecule has 2 fully saturated rings. The van der Waals surface area contributed by atoms with Gasteiger partial charge in [-0.05, 0) is 38.6 Å². The maximum atomic E-state index is 12.6. The summed E-state index contributed by atoms with van der Waals surface area (Å²) < 4.78 is 0. The summed E-state index contributed by atoms with van der Waals surface area (Å²) in [5, 5.41) is 0. The zero-order valence-electron chi connectivity index (χ0n) is 12.6. The average Bonchev–Trinajstić information content (AvgIpc) is 2.41. The molecule has 1 aliphatic carbocycles. The molecule has 0 aromatic heterocycles. The van der Waals surface area contributed by atoms with Gasteiger partial charge >= 0.3 is 0 Å². The molecule has 19 heavy (non-hydrogen) atoms. The number of carbonyl (C=O) groups is 1. The molecule has 1 aliphatic heterocycles. The standard InChI is InChI=1S/C15H29N3O/c1-4-17-7-8-18(10-12(17)3)15(19)13-6-5-11(2)14(16)9-13/h11-14H,4-10,16H2,1-3H3. The van der Waals surface area contributed by atoms with Crippen LogP contribution in [0, 0.1) is 11.8 Å². The van der Waals surface area contributed by atoms with Crippen LogP contribution < -0.4 is 5.73 Å². The fourth-order valence-electron chi connectivity index (χ4n) is 3.50. The number of likely N-dealkylation sites (N-methyl/N-ethyl adjacent to an activating group) is 1. The van der Waals surface area contributed by atoms with Crippen LogP contribution in [0.5, 0.6) is 0 Å². The van der Waals surface area contributed by atoms with E-state index in [0.29, 0.717) is 17.9 Å². The molecule has 0 spiro atoms. The van der Waals surface area contributed by atoms with E-state index in [1.165, 1.54) is 0 Å². The minimum absolute atomic E-state index is 0.173. The lowest BCUT2D eigenvalue weighted by Gasteiger charge is -2.42. The van der Waals surface area contributed by atoms with Crippen molar-refractivity contribution in [1.29, 1.82) is 0 Å². The van der Waals surface area contributed by atoms with Crippen molar-refractivity contribution in [1.82, 2.24) is 9.80 Å². The molecule has 1 saturated heterocycles. The highest BCUT2D eigenvalue weighted by Crippen LogP contribution is 2.29. The molecule has 2 N–H and O–H groups in total. The Hall–Kier alpha value is -0.610. The quantitative estimate of drug-likeness (QED) is 0.820. The first-order valence-electron chi connectivity index (χ1n) is 7.81. The zero-order valence-corrected chi connectivity index (χ0v) is 12.6. The summed E-state index contributed by atoms with van der Waals surface area (Å²) in [4.78, 5) is 17.1. The number of hydrogen-bond donors (Lipinski definition) is 1. The summed E-state index contributed by atoms with van der Waals surface area (Å²) in [5.41, 5.74) is 6.13. The van der Waals surface area contributed by atoms with E-state index in [2.05, 4.69) is 30.6 Å². The van der Waals surface area contributed by atoms with E-state index in [1.807, 2.05) is 0 Å². The molecule has 0 bridgehead atoms. The van der Waals surface area contributed by atoms with E-state index in [0.717, 1.165) is 45.4 Å². The Balaban J connectivity index is 1.90. The fourth-order valence-corrected chi connectivity index (χ4v) is 3.50. The first-order valence-corrected chi connectivity index (χ1v) is 7.81. The number of carbonyl (C=O) groups excluding carboxylic acids is 1. The van der Waals surface area contributed by atoms with Gasteiger partial charge in [0, 0.05) is 37.6 Å². The van der Waals surface area contributed by atoms with Crippen molar-refractivity contribution in [2.75, 3.05) is 26.2 Å². The number of rotatable bonds is 2. The van der Waals surface area contributed by atoms with Gasteiger partial charge in [0.05, 0.1) is 0 Å². The molecular weight excluding hydrogens is 238 g/mol. The Labute approximate surface area is 117 Å². The highest BCUT2D eigenvalue weighted by Gasteiger charge is 2.34. The molecule has 4 nitrogen and oxygen atoms in total. The molecule has 4 atom stereocenters. The van der Waals surface area contributed by atoms with Crippen molar-refractivity contribution in [2.45, 2.75) is 52.1 Å². The summed E-state index contributed by atoms with van der Waals surface area (Å²) in [6.45, 7) is 10.5. The monoisotopic (exact) mass is 267 g/mol. The van der Waals surface area contributed by atoms with E-state index in [1.54, 1.807) is 0 Å². The number of nitrogens with zero attached hydrogens (tertiary/aromatic N) is 2. The largest absolute Gasteiger partial charge is 0.340 e. The Morgan fingerprint density at radius 3 is 2.58 bits per heavy atom. The van der Waals surface area contributed by atoms with Crippen LogP contribution in [0.25, 0.3) is 0 Å². The third-order valence-corrected chi connectivity index (χ3v) is 5.09. The smallest absolute Gasteiger partial charge is 0.225 e. The summed E-state index contributed by atoms with van der Waals surface area (Å²) in [5.74, 6) is 1.09. The average molecular weight is 267 g/mol. The van der Waals surface area contributed by atoms with Crippen LogP contribution in [0.4, 0.5) is 0 Å². The topological polar surface area (TPSA) is 49.6 Å². The Morgan fingerprint density at radius 2 is 2.00 bits per heavy atom. The summed E-state index contributed by atoms with van der Waals surface area (Å²) in [7, 11) is 0. The van der Waals surface area contributed by atoms with Crippen molar-refractivity contribution >= 4 is 5.91 Å². The summed E-state index contributed by atoms with van der Waals surface area (Å²) in [6.07, 6.45) is 3.00. The van der Waals surface area contributed by atoms with Crippen LogP contribution in [0.2, 0.25) is 0 Å². The SMILES string of the molecule is CCN1CCN(C(=O)C2CCC(C)C(N)C2)CC1C. The Bertz CT molecular complexity index is 321. The second kappa shape index (κ2) is 6.23. The predicted octanol–water partition coefficient (Wildman–Crippen LogP) is 1.30. The molecule has 0 aromatic rings. The van der Waals surface area contributed by atoms with Crippen molar-refractivity contribution in [3.63, 3.8) is 0 Å². The van der Waals surface area contributed by atoms with Gasteiger partial charge in [-0.3, -0.25) is 9.69 Å². The molecule has 110 valence electrons. The molecule has 1 heterocycles. The van der Waals surface area contributed by atoms with E-state index < -0.39 is 0 Å². The molecule has 0 radical (unpaired) electrons. The van der Waals surface area contributed by atoms with E-state index in [4.69, 9.17) is 5.73 Å². The number of hydrogen-bond acceptors (Lipinski definition) is 3. The van der Waals surface area contributed by atoms with Gasteiger partial charge in [-0.25, -0.2) is 0 Å². The molecule has 4 unspecified atom stereocenters. The fraction of sp³-hybridized carbons (Fsp3) is 0.933. The van der Waals surface area contributed by atoms with Crippen LogP contribution in [0.3, 0.4) is 0 Å². The number of nitrogens with two attached hydrogens (primary N) is 1. The predicted molar refractivity (Wildman–Crippen MR) is 77.8 cm³/mol. The van der Waals surface area contributed by atoms with Crippen LogP contribution in [0.15, 0.2) is 0 Å². The van der Waals surface area contributed by atoms with Crippen molar-refractivity contribution in [3.8, 4) is 0 Å². The van der Waals surface area contributed by atoms with Crippen molar-refractivity contribution < 1.29 is 4.79 Å². The van der Waals surface area contributed by atoms with Crippen LogP contribution in [-0.2, 0) is 4.79 Å². The van der Waals surface area contributed by atoms with Gasteiger partial charge < -0.3 is 10.6 Å². The van der Waals surface area contributed by atoms with Crippen LogP contribution in [0.1, 0.15) is 40.0 Å². The van der Waals surface area contributed by atoms with Crippen molar-refractivity contribution in [3.05, 3.63) is 0 Å². The normalized spacial score (nSPS) is 37.4. The molecule has 0 aromatic carbocycles. The van der Waals surface area contributed by atoms with Gasteiger partial charge in [0.2, 0.25) is 5.91 Å². The third kappa shape index (κ3) is 3.29. The minimum atomic E-state index is 0.173. The molecule has 1 saturated carbocycles. The summed E-state index contributed by atoms with van der Waals surface area (Å²) in [6, 6.07) is 0.691. The van der Waals surface area contributed by atoms with Crippen LogP contribution >= 0.6 is 0 Å². The Morgan fingerprint density at radius 1 is 1.26 bits per heavy atom. The van der Waals surface area contributed by atoms with Crippen molar-refractivity contribution in [2.24, 2.45) is 17.6 Å².